The number of nitrogens with one attached hydrogen (secondary N) is 1. The van der Waals surface area contributed by atoms with Crippen LogP contribution in [0.1, 0.15) is 53.9 Å². The van der Waals surface area contributed by atoms with E-state index in [1.807, 2.05) is 50.2 Å². The van der Waals surface area contributed by atoms with Crippen LogP contribution in [0.5, 0.6) is 0 Å². The number of esters is 1. The third-order valence-electron chi connectivity index (χ3n) is 4.72. The lowest BCUT2D eigenvalue weighted by Crippen LogP contribution is -2.14. The molecule has 0 unspecified atom stereocenters. The van der Waals surface area contributed by atoms with Crippen molar-refractivity contribution >= 4 is 22.6 Å². The summed E-state index contributed by atoms with van der Waals surface area (Å²) >= 11 is 0. The molecular formula is C23H23N3O2. The van der Waals surface area contributed by atoms with E-state index in [0.29, 0.717) is 16.8 Å². The average molecular weight is 373 g/mol. The molecule has 0 aliphatic rings. The van der Waals surface area contributed by atoms with E-state index in [2.05, 4.69) is 16.4 Å². The first kappa shape index (κ1) is 19.4. The van der Waals surface area contributed by atoms with E-state index in [9.17, 15) is 10.1 Å². The Morgan fingerprint density at radius 1 is 1.25 bits per heavy atom. The van der Waals surface area contributed by atoms with Crippen molar-refractivity contribution in [2.75, 3.05) is 11.9 Å². The monoisotopic (exact) mass is 373 g/mol. The zero-order valence-corrected chi connectivity index (χ0v) is 16.3. The van der Waals surface area contributed by atoms with Crippen LogP contribution in [0.25, 0.3) is 10.9 Å². The second-order valence-corrected chi connectivity index (χ2v) is 6.54. The fraction of sp³-hybridized carbons (Fsp3) is 0.261. The number of anilines is 1. The first-order valence-corrected chi connectivity index (χ1v) is 9.43. The van der Waals surface area contributed by atoms with Gasteiger partial charge >= 0.3 is 5.97 Å². The number of carbonyl (C=O) groups excluding carboxylic acids is 1. The second-order valence-electron chi connectivity index (χ2n) is 6.54. The molecule has 3 aromatic rings. The molecule has 0 aliphatic heterocycles. The van der Waals surface area contributed by atoms with Gasteiger partial charge in [-0.05, 0) is 43.5 Å². The first-order valence-electron chi connectivity index (χ1n) is 9.43. The number of aromatic nitrogens is 1. The van der Waals surface area contributed by atoms with Crippen LogP contribution in [0.4, 0.5) is 5.69 Å². The highest BCUT2D eigenvalue weighted by Gasteiger charge is 2.20. The molecule has 0 saturated carbocycles. The van der Waals surface area contributed by atoms with Gasteiger partial charge in [0.1, 0.15) is 5.56 Å². The van der Waals surface area contributed by atoms with Crippen molar-refractivity contribution in [3.8, 4) is 6.07 Å². The molecule has 0 bridgehead atoms. The Morgan fingerprint density at radius 3 is 2.64 bits per heavy atom. The van der Waals surface area contributed by atoms with Gasteiger partial charge in [0.25, 0.3) is 0 Å². The van der Waals surface area contributed by atoms with Crippen molar-refractivity contribution in [2.45, 2.75) is 33.2 Å². The third kappa shape index (κ3) is 3.81. The molecule has 3 rings (SSSR count). The average Bonchev–Trinajstić information content (AvgIpc) is 2.73. The number of nitrogens with zero attached hydrogens (tertiary/aromatic N) is 2. The van der Waals surface area contributed by atoms with Gasteiger partial charge in [-0.2, -0.15) is 5.26 Å². The summed E-state index contributed by atoms with van der Waals surface area (Å²) in [7, 11) is 0. The van der Waals surface area contributed by atoms with Crippen molar-refractivity contribution in [3.63, 3.8) is 0 Å². The first-order chi connectivity index (χ1) is 13.6. The number of hydrogen-bond donors (Lipinski definition) is 1. The number of ether oxygens (including phenoxy) is 1. The molecule has 0 spiro atoms. The zero-order chi connectivity index (χ0) is 20.1. The SMILES string of the molecule is CCOC(=O)c1cnc2c(CC)cc(C#N)cc2c1N[C@@H](C)c1ccccc1. The molecule has 2 aromatic carbocycles. The van der Waals surface area contributed by atoms with Gasteiger partial charge in [-0.25, -0.2) is 4.79 Å². The normalized spacial score (nSPS) is 11.6. The van der Waals surface area contributed by atoms with Gasteiger partial charge in [0.2, 0.25) is 0 Å². The van der Waals surface area contributed by atoms with Crippen molar-refractivity contribution in [2.24, 2.45) is 0 Å². The van der Waals surface area contributed by atoms with Crippen LogP contribution < -0.4 is 5.32 Å². The Hall–Kier alpha value is -3.39. The van der Waals surface area contributed by atoms with E-state index in [4.69, 9.17) is 4.74 Å². The number of carbonyl (C=O) groups is 1. The maximum Gasteiger partial charge on any atom is 0.341 e. The van der Waals surface area contributed by atoms with E-state index in [0.717, 1.165) is 28.5 Å². The lowest BCUT2D eigenvalue weighted by molar-refractivity contribution is 0.0527. The van der Waals surface area contributed by atoms with Gasteiger partial charge in [-0.3, -0.25) is 4.98 Å². The molecule has 1 atom stereocenters. The van der Waals surface area contributed by atoms with Gasteiger partial charge in [0, 0.05) is 17.6 Å². The van der Waals surface area contributed by atoms with Crippen LogP contribution in [0.15, 0.2) is 48.7 Å². The Balaban J connectivity index is 2.21. The molecule has 142 valence electrons. The van der Waals surface area contributed by atoms with Gasteiger partial charge < -0.3 is 10.1 Å². The highest BCUT2D eigenvalue weighted by atomic mass is 16.5. The zero-order valence-electron chi connectivity index (χ0n) is 16.3. The predicted molar refractivity (Wildman–Crippen MR) is 110 cm³/mol. The lowest BCUT2D eigenvalue weighted by Gasteiger charge is -2.20. The minimum Gasteiger partial charge on any atom is -0.462 e. The summed E-state index contributed by atoms with van der Waals surface area (Å²) in [6, 6.07) is 15.8. The molecule has 0 fully saturated rings. The summed E-state index contributed by atoms with van der Waals surface area (Å²) in [5.41, 5.74) is 4.41. The summed E-state index contributed by atoms with van der Waals surface area (Å²) in [6.07, 6.45) is 2.30. The van der Waals surface area contributed by atoms with E-state index < -0.39 is 5.97 Å². The molecule has 28 heavy (non-hydrogen) atoms. The maximum absolute atomic E-state index is 12.6. The molecule has 0 amide bonds. The molecule has 0 aliphatic carbocycles. The number of fused-ring (bicyclic) bond motifs is 1. The highest BCUT2D eigenvalue weighted by molar-refractivity contribution is 6.06. The van der Waals surface area contributed by atoms with Crippen molar-refractivity contribution in [1.29, 1.82) is 5.26 Å². The fourth-order valence-electron chi connectivity index (χ4n) is 3.27. The highest BCUT2D eigenvalue weighted by Crippen LogP contribution is 2.33. The Morgan fingerprint density at radius 2 is 2.00 bits per heavy atom. The van der Waals surface area contributed by atoms with Gasteiger partial charge in [0.15, 0.2) is 0 Å². The Kier molecular flexibility index (Phi) is 5.90. The van der Waals surface area contributed by atoms with Gasteiger partial charge in [-0.1, -0.05) is 37.3 Å². The van der Waals surface area contributed by atoms with Crippen LogP contribution >= 0.6 is 0 Å². The van der Waals surface area contributed by atoms with Gasteiger partial charge in [-0.15, -0.1) is 0 Å². The molecular weight excluding hydrogens is 350 g/mol. The minimum absolute atomic E-state index is 0.0456. The van der Waals surface area contributed by atoms with Crippen LogP contribution in [-0.2, 0) is 11.2 Å². The standard InChI is InChI=1S/C23H23N3O2/c1-4-17-11-16(13-24)12-19-21(17)25-14-20(23(27)28-5-2)22(19)26-15(3)18-9-7-6-8-10-18/h6-12,14-15H,4-5H2,1-3H3,(H,25,26)/t15-/m0/s1. The molecule has 1 N–H and O–H groups in total. The van der Waals surface area contributed by atoms with Crippen molar-refractivity contribution < 1.29 is 9.53 Å². The van der Waals surface area contributed by atoms with E-state index in [1.165, 1.54) is 0 Å². The van der Waals surface area contributed by atoms with E-state index >= 15 is 0 Å². The summed E-state index contributed by atoms with van der Waals surface area (Å²) in [5, 5.41) is 13.7. The molecule has 1 aromatic heterocycles. The van der Waals surface area contributed by atoms with Crippen LogP contribution in [0.2, 0.25) is 0 Å². The third-order valence-corrected chi connectivity index (χ3v) is 4.72. The molecule has 0 radical (unpaired) electrons. The van der Waals surface area contributed by atoms with Crippen LogP contribution in [-0.4, -0.2) is 17.6 Å². The van der Waals surface area contributed by atoms with E-state index in [-0.39, 0.29) is 12.6 Å². The summed E-state index contributed by atoms with van der Waals surface area (Å²) in [6.45, 7) is 6.11. The smallest absolute Gasteiger partial charge is 0.341 e. The molecule has 5 heteroatoms. The number of aryl methyl sites for hydroxylation is 1. The topological polar surface area (TPSA) is 75.0 Å². The predicted octanol–water partition coefficient (Wildman–Crippen LogP) is 5.02. The molecule has 5 nitrogen and oxygen atoms in total. The van der Waals surface area contributed by atoms with E-state index in [1.54, 1.807) is 19.2 Å². The number of rotatable bonds is 6. The lowest BCUT2D eigenvalue weighted by atomic mass is 9.99. The van der Waals surface area contributed by atoms with Crippen molar-refractivity contribution in [1.82, 2.24) is 4.98 Å². The summed E-state index contributed by atoms with van der Waals surface area (Å²) < 4.78 is 5.23. The number of benzene rings is 2. The van der Waals surface area contributed by atoms with Crippen LogP contribution in [0, 0.1) is 11.3 Å². The largest absolute Gasteiger partial charge is 0.462 e. The minimum atomic E-state index is -0.430. The summed E-state index contributed by atoms with van der Waals surface area (Å²) in [5.74, 6) is -0.430. The maximum atomic E-state index is 12.6. The number of hydrogen-bond acceptors (Lipinski definition) is 5. The Labute approximate surface area is 165 Å². The van der Waals surface area contributed by atoms with Crippen LogP contribution in [0.3, 0.4) is 0 Å². The number of nitriles is 1. The molecule has 1 heterocycles. The number of pyridine rings is 1. The molecule has 0 saturated heterocycles. The second kappa shape index (κ2) is 8.53. The van der Waals surface area contributed by atoms with Crippen molar-refractivity contribution in [3.05, 3.63) is 70.9 Å². The quantitative estimate of drug-likeness (QED) is 0.614. The summed E-state index contributed by atoms with van der Waals surface area (Å²) in [4.78, 5) is 17.1. The Bertz CT molecular complexity index is 1040. The fourth-order valence-corrected chi connectivity index (χ4v) is 3.27. The van der Waals surface area contributed by atoms with Gasteiger partial charge in [0.05, 0.1) is 29.4 Å².